The lowest BCUT2D eigenvalue weighted by atomic mass is 9.49. The van der Waals surface area contributed by atoms with Gasteiger partial charge in [-0.3, -0.25) is 9.59 Å². The Morgan fingerprint density at radius 1 is 1.08 bits per heavy atom. The fraction of sp³-hybridized carbons (Fsp3) is 0.516. The van der Waals surface area contributed by atoms with E-state index in [0.29, 0.717) is 24.1 Å². The molecule has 0 bridgehead atoms. The van der Waals surface area contributed by atoms with Crippen molar-refractivity contribution < 1.29 is 19.1 Å². The number of nitrogens with one attached hydrogen (secondary N) is 2. The molecule has 2 aliphatic carbocycles. The predicted molar refractivity (Wildman–Crippen MR) is 146 cm³/mol. The molecular weight excluding hydrogens is 464 g/mol. The number of anilines is 1. The van der Waals surface area contributed by atoms with Gasteiger partial charge in [-0.1, -0.05) is 58.4 Å². The van der Waals surface area contributed by atoms with Crippen LogP contribution in [0.3, 0.4) is 0 Å². The van der Waals surface area contributed by atoms with Crippen molar-refractivity contribution >= 4 is 23.5 Å². The Bertz CT molecular complexity index is 1190. The average Bonchev–Trinajstić information content (AvgIpc) is 2.85. The van der Waals surface area contributed by atoms with Gasteiger partial charge >= 0.3 is 5.97 Å². The molecule has 2 aliphatic rings. The first-order valence-electron chi connectivity index (χ1n) is 13.5. The Hall–Kier alpha value is -3.15. The maximum atomic E-state index is 12.7. The Morgan fingerprint density at radius 2 is 1.86 bits per heavy atom. The van der Waals surface area contributed by atoms with E-state index in [1.165, 1.54) is 36.1 Å². The molecule has 3 unspecified atom stereocenters. The first-order valence-corrected chi connectivity index (χ1v) is 13.5. The number of esters is 1. The molecule has 0 saturated heterocycles. The second kappa shape index (κ2) is 10.7. The van der Waals surface area contributed by atoms with Crippen LogP contribution in [0, 0.1) is 11.3 Å². The molecule has 0 radical (unpaired) electrons. The average molecular weight is 505 g/mol. The SMILES string of the molecule is CC(=O)Nc1cccc(C(=O)OCC(=O)NCC2(C)CCCC3(C)c4ccc(C(C)C)cc4CCC23)c1. The molecule has 0 heterocycles. The number of aryl methyl sites for hydroxylation is 1. The maximum Gasteiger partial charge on any atom is 0.338 e. The second-order valence-electron chi connectivity index (χ2n) is 11.7. The van der Waals surface area contributed by atoms with Crippen molar-refractivity contribution in [1.29, 1.82) is 0 Å². The summed E-state index contributed by atoms with van der Waals surface area (Å²) in [6.07, 6.45) is 5.57. The topological polar surface area (TPSA) is 84.5 Å². The van der Waals surface area contributed by atoms with Crippen molar-refractivity contribution in [2.45, 2.75) is 78.1 Å². The van der Waals surface area contributed by atoms with E-state index in [1.54, 1.807) is 18.2 Å². The highest BCUT2D eigenvalue weighted by Crippen LogP contribution is 2.57. The smallest absolute Gasteiger partial charge is 0.338 e. The van der Waals surface area contributed by atoms with Gasteiger partial charge in [0.05, 0.1) is 5.56 Å². The summed E-state index contributed by atoms with van der Waals surface area (Å²) < 4.78 is 5.26. The van der Waals surface area contributed by atoms with E-state index in [1.807, 2.05) is 0 Å². The third-order valence-corrected chi connectivity index (χ3v) is 8.61. The van der Waals surface area contributed by atoms with E-state index in [2.05, 4.69) is 56.5 Å². The van der Waals surface area contributed by atoms with Gasteiger partial charge in [0.15, 0.2) is 6.61 Å². The first-order chi connectivity index (χ1) is 17.5. The molecule has 2 N–H and O–H groups in total. The Balaban J connectivity index is 1.37. The number of carbonyl (C=O) groups is 3. The zero-order valence-corrected chi connectivity index (χ0v) is 22.8. The van der Waals surface area contributed by atoms with Gasteiger partial charge in [-0.05, 0) is 83.2 Å². The monoisotopic (exact) mass is 504 g/mol. The molecule has 3 atom stereocenters. The summed E-state index contributed by atoms with van der Waals surface area (Å²) >= 11 is 0. The molecule has 2 aromatic carbocycles. The van der Waals surface area contributed by atoms with Crippen LogP contribution in [0.4, 0.5) is 5.69 Å². The molecule has 1 saturated carbocycles. The van der Waals surface area contributed by atoms with Crippen molar-refractivity contribution in [2.75, 3.05) is 18.5 Å². The third-order valence-electron chi connectivity index (χ3n) is 8.61. The van der Waals surface area contributed by atoms with E-state index >= 15 is 0 Å². The highest BCUT2D eigenvalue weighted by Gasteiger charge is 2.51. The van der Waals surface area contributed by atoms with E-state index in [-0.39, 0.29) is 34.8 Å². The standard InChI is InChI=1S/C31H40N2O4/c1-20(2)22-10-12-26-23(16-22)11-13-27-30(4,14-7-15-31(26,27)5)19-32-28(35)18-37-29(36)24-8-6-9-25(17-24)33-21(3)34/h6,8-10,12,16-17,20,27H,7,11,13-15,18-19H2,1-5H3,(H,32,35)(H,33,34). The molecular formula is C31H40N2O4. The molecule has 0 aromatic heterocycles. The summed E-state index contributed by atoms with van der Waals surface area (Å²) in [6, 6.07) is 13.6. The minimum atomic E-state index is -0.594. The first kappa shape index (κ1) is 26.9. The number of fused-ring (bicyclic) bond motifs is 3. The number of carbonyl (C=O) groups excluding carboxylic acids is 3. The largest absolute Gasteiger partial charge is 0.452 e. The van der Waals surface area contributed by atoms with Crippen molar-refractivity contribution in [3.63, 3.8) is 0 Å². The van der Waals surface area contributed by atoms with Crippen LogP contribution in [-0.2, 0) is 26.2 Å². The molecule has 1 fully saturated rings. The zero-order chi connectivity index (χ0) is 26.8. The second-order valence-corrected chi connectivity index (χ2v) is 11.7. The summed E-state index contributed by atoms with van der Waals surface area (Å²) in [7, 11) is 0. The molecule has 4 rings (SSSR count). The zero-order valence-electron chi connectivity index (χ0n) is 22.8. The lowest BCUT2D eigenvalue weighted by Gasteiger charge is -2.55. The number of ether oxygens (including phenoxy) is 1. The molecule has 198 valence electrons. The molecule has 0 aliphatic heterocycles. The molecule has 2 aromatic rings. The van der Waals surface area contributed by atoms with Gasteiger partial charge < -0.3 is 15.4 Å². The minimum absolute atomic E-state index is 0.0201. The summed E-state index contributed by atoms with van der Waals surface area (Å²) in [5.41, 5.74) is 5.27. The van der Waals surface area contributed by atoms with Gasteiger partial charge in [-0.25, -0.2) is 4.79 Å². The maximum absolute atomic E-state index is 12.7. The Labute approximate surface area is 220 Å². The molecule has 6 heteroatoms. The molecule has 0 spiro atoms. The Kier molecular flexibility index (Phi) is 7.77. The van der Waals surface area contributed by atoms with Crippen LogP contribution in [0.25, 0.3) is 0 Å². The summed E-state index contributed by atoms with van der Waals surface area (Å²) in [5.74, 6) is -0.108. The predicted octanol–water partition coefficient (Wildman–Crippen LogP) is 5.75. The van der Waals surface area contributed by atoms with Crippen molar-refractivity contribution in [3.05, 3.63) is 64.7 Å². The lowest BCUT2D eigenvalue weighted by molar-refractivity contribution is -0.125. The van der Waals surface area contributed by atoms with Gasteiger partial charge in [-0.2, -0.15) is 0 Å². The molecule has 6 nitrogen and oxygen atoms in total. The van der Waals surface area contributed by atoms with Gasteiger partial charge in [-0.15, -0.1) is 0 Å². The fourth-order valence-corrected chi connectivity index (χ4v) is 6.71. The van der Waals surface area contributed by atoms with Crippen LogP contribution < -0.4 is 10.6 Å². The van der Waals surface area contributed by atoms with Crippen LogP contribution in [0.2, 0.25) is 0 Å². The summed E-state index contributed by atoms with van der Waals surface area (Å²) in [4.78, 5) is 36.4. The van der Waals surface area contributed by atoms with Gasteiger partial charge in [0.2, 0.25) is 5.91 Å². The number of hydrogen-bond donors (Lipinski definition) is 2. The van der Waals surface area contributed by atoms with Gasteiger partial charge in [0.25, 0.3) is 5.91 Å². The fourth-order valence-electron chi connectivity index (χ4n) is 6.71. The van der Waals surface area contributed by atoms with E-state index in [4.69, 9.17) is 4.74 Å². The highest BCUT2D eigenvalue weighted by atomic mass is 16.5. The number of hydrogen-bond acceptors (Lipinski definition) is 4. The minimum Gasteiger partial charge on any atom is -0.452 e. The van der Waals surface area contributed by atoms with Gasteiger partial charge in [0, 0.05) is 19.2 Å². The summed E-state index contributed by atoms with van der Waals surface area (Å²) in [6.45, 7) is 10.9. The van der Waals surface area contributed by atoms with E-state index < -0.39 is 5.97 Å². The van der Waals surface area contributed by atoms with Gasteiger partial charge in [0.1, 0.15) is 0 Å². The van der Waals surface area contributed by atoms with Crippen molar-refractivity contribution in [3.8, 4) is 0 Å². The van der Waals surface area contributed by atoms with Crippen molar-refractivity contribution in [1.82, 2.24) is 5.32 Å². The third kappa shape index (κ3) is 5.73. The summed E-state index contributed by atoms with van der Waals surface area (Å²) in [5, 5.41) is 5.70. The quantitative estimate of drug-likeness (QED) is 0.470. The van der Waals surface area contributed by atoms with Crippen LogP contribution >= 0.6 is 0 Å². The van der Waals surface area contributed by atoms with Crippen LogP contribution in [0.15, 0.2) is 42.5 Å². The molecule has 37 heavy (non-hydrogen) atoms. The normalized spacial score (nSPS) is 24.5. The highest BCUT2D eigenvalue weighted by molar-refractivity contribution is 5.94. The van der Waals surface area contributed by atoms with E-state index in [9.17, 15) is 14.4 Å². The number of rotatable bonds is 7. The number of amides is 2. The van der Waals surface area contributed by atoms with Crippen LogP contribution in [0.1, 0.15) is 93.3 Å². The van der Waals surface area contributed by atoms with Crippen LogP contribution in [-0.4, -0.2) is 30.9 Å². The molecule has 2 amide bonds. The van der Waals surface area contributed by atoms with E-state index in [0.717, 1.165) is 25.7 Å². The lowest BCUT2D eigenvalue weighted by Crippen LogP contribution is -2.53. The Morgan fingerprint density at radius 3 is 2.59 bits per heavy atom. The van der Waals surface area contributed by atoms with Crippen molar-refractivity contribution in [2.24, 2.45) is 11.3 Å². The van der Waals surface area contributed by atoms with Crippen LogP contribution in [0.5, 0.6) is 0 Å². The number of benzene rings is 2.